The molecule has 6 heteroatoms. The summed E-state index contributed by atoms with van der Waals surface area (Å²) in [5, 5.41) is 7.84. The summed E-state index contributed by atoms with van der Waals surface area (Å²) in [7, 11) is 1.96. The second kappa shape index (κ2) is 6.73. The van der Waals surface area contributed by atoms with Crippen LogP contribution in [0.1, 0.15) is 37.2 Å². The summed E-state index contributed by atoms with van der Waals surface area (Å²) >= 11 is 10.7. The molecule has 1 atom stereocenters. The topological polar surface area (TPSA) is 29.9 Å². The van der Waals surface area contributed by atoms with Gasteiger partial charge in [0.25, 0.3) is 0 Å². The molecular weight excluding hydrogens is 450 g/mol. The fourth-order valence-electron chi connectivity index (χ4n) is 2.24. The van der Waals surface area contributed by atoms with Crippen LogP contribution in [0.3, 0.4) is 0 Å². The van der Waals surface area contributed by atoms with Gasteiger partial charge in [0, 0.05) is 15.0 Å². The Labute approximate surface area is 144 Å². The van der Waals surface area contributed by atoms with Crippen molar-refractivity contribution < 1.29 is 0 Å². The molecular formula is C14H16Br3N3. The SMILES string of the molecule is CNC(c1cc(Br)cc(Br)c1)c1c(Br)cnn1C(C)C. The molecule has 0 fully saturated rings. The van der Waals surface area contributed by atoms with Gasteiger partial charge in [0.15, 0.2) is 0 Å². The Bertz CT molecular complexity index is 587. The highest BCUT2D eigenvalue weighted by molar-refractivity contribution is 9.11. The van der Waals surface area contributed by atoms with Crippen LogP contribution in [-0.4, -0.2) is 16.8 Å². The van der Waals surface area contributed by atoms with Gasteiger partial charge in [0.1, 0.15) is 0 Å². The Hall–Kier alpha value is -0.170. The Morgan fingerprint density at radius 1 is 1.10 bits per heavy atom. The van der Waals surface area contributed by atoms with E-state index in [0.717, 1.165) is 19.1 Å². The average molecular weight is 466 g/mol. The zero-order valence-corrected chi connectivity index (χ0v) is 16.3. The molecule has 0 bridgehead atoms. The van der Waals surface area contributed by atoms with Gasteiger partial charge in [-0.3, -0.25) is 4.68 Å². The maximum atomic E-state index is 4.46. The molecule has 0 aliphatic carbocycles. The Morgan fingerprint density at radius 3 is 2.20 bits per heavy atom. The lowest BCUT2D eigenvalue weighted by Crippen LogP contribution is -2.23. The van der Waals surface area contributed by atoms with Gasteiger partial charge in [0.05, 0.1) is 22.4 Å². The lowest BCUT2D eigenvalue weighted by Gasteiger charge is -2.21. The molecule has 2 rings (SSSR count). The van der Waals surface area contributed by atoms with Gasteiger partial charge in [-0.1, -0.05) is 31.9 Å². The third-order valence-electron chi connectivity index (χ3n) is 3.06. The van der Waals surface area contributed by atoms with E-state index in [1.165, 1.54) is 5.56 Å². The molecule has 1 unspecified atom stereocenters. The van der Waals surface area contributed by atoms with Gasteiger partial charge in [-0.15, -0.1) is 0 Å². The van der Waals surface area contributed by atoms with Crippen LogP contribution in [0, 0.1) is 0 Å². The molecule has 1 heterocycles. The van der Waals surface area contributed by atoms with Crippen LogP contribution in [-0.2, 0) is 0 Å². The Kier molecular flexibility index (Phi) is 5.45. The van der Waals surface area contributed by atoms with Crippen molar-refractivity contribution >= 4 is 47.8 Å². The van der Waals surface area contributed by atoms with Crippen LogP contribution in [0.5, 0.6) is 0 Å². The Morgan fingerprint density at radius 2 is 1.70 bits per heavy atom. The number of hydrogen-bond donors (Lipinski definition) is 1. The molecule has 3 nitrogen and oxygen atoms in total. The molecule has 0 spiro atoms. The highest BCUT2D eigenvalue weighted by Crippen LogP contribution is 2.33. The molecule has 2 aromatic rings. The molecule has 1 aromatic heterocycles. The molecule has 0 amide bonds. The van der Waals surface area contributed by atoms with Crippen molar-refractivity contribution in [3.63, 3.8) is 0 Å². The van der Waals surface area contributed by atoms with E-state index < -0.39 is 0 Å². The van der Waals surface area contributed by atoms with E-state index in [0.29, 0.717) is 6.04 Å². The van der Waals surface area contributed by atoms with E-state index in [9.17, 15) is 0 Å². The first kappa shape index (κ1) is 16.2. The summed E-state index contributed by atoms with van der Waals surface area (Å²) in [5.74, 6) is 0. The molecule has 1 aromatic carbocycles. The zero-order chi connectivity index (χ0) is 14.9. The monoisotopic (exact) mass is 463 g/mol. The molecule has 0 aliphatic heterocycles. The normalized spacial score (nSPS) is 12.9. The molecule has 20 heavy (non-hydrogen) atoms. The number of rotatable bonds is 4. The van der Waals surface area contributed by atoms with Crippen LogP contribution >= 0.6 is 47.8 Å². The van der Waals surface area contributed by atoms with Crippen molar-refractivity contribution in [3.05, 3.63) is 49.1 Å². The second-order valence-corrected chi connectivity index (χ2v) is 7.53. The van der Waals surface area contributed by atoms with Gasteiger partial charge in [0.2, 0.25) is 0 Å². The van der Waals surface area contributed by atoms with Gasteiger partial charge < -0.3 is 5.32 Å². The number of hydrogen-bond acceptors (Lipinski definition) is 2. The summed E-state index contributed by atoms with van der Waals surface area (Å²) in [6.07, 6.45) is 1.85. The first-order chi connectivity index (χ1) is 9.43. The third-order valence-corrected chi connectivity index (χ3v) is 4.58. The van der Waals surface area contributed by atoms with Gasteiger partial charge in [-0.2, -0.15) is 5.10 Å². The third kappa shape index (κ3) is 3.35. The quantitative estimate of drug-likeness (QED) is 0.684. The molecule has 0 saturated carbocycles. The lowest BCUT2D eigenvalue weighted by atomic mass is 10.0. The standard InChI is InChI=1S/C14H16Br3N3/c1-8(2)20-14(12(17)7-19-20)13(18-3)9-4-10(15)6-11(16)5-9/h4-8,13,18H,1-3H3. The Balaban J connectivity index is 2.55. The molecule has 0 saturated heterocycles. The van der Waals surface area contributed by atoms with Crippen molar-refractivity contribution in [3.8, 4) is 0 Å². The predicted molar refractivity (Wildman–Crippen MR) is 93.1 cm³/mol. The second-order valence-electron chi connectivity index (χ2n) is 4.84. The fraction of sp³-hybridized carbons (Fsp3) is 0.357. The van der Waals surface area contributed by atoms with Crippen molar-refractivity contribution in [2.45, 2.75) is 25.9 Å². The largest absolute Gasteiger partial charge is 0.308 e. The minimum atomic E-state index is 0.0723. The summed E-state index contributed by atoms with van der Waals surface area (Å²) in [6, 6.07) is 6.66. The number of nitrogens with one attached hydrogen (secondary N) is 1. The highest BCUT2D eigenvalue weighted by Gasteiger charge is 2.22. The summed E-state index contributed by atoms with van der Waals surface area (Å²) in [6.45, 7) is 4.26. The smallest absolute Gasteiger partial charge is 0.0758 e. The zero-order valence-electron chi connectivity index (χ0n) is 11.5. The van der Waals surface area contributed by atoms with E-state index in [1.54, 1.807) is 0 Å². The van der Waals surface area contributed by atoms with Crippen LogP contribution in [0.2, 0.25) is 0 Å². The van der Waals surface area contributed by atoms with E-state index in [1.807, 2.05) is 24.0 Å². The maximum Gasteiger partial charge on any atom is 0.0758 e. The summed E-state index contributed by atoms with van der Waals surface area (Å²) in [4.78, 5) is 0. The molecule has 1 N–H and O–H groups in total. The van der Waals surface area contributed by atoms with Gasteiger partial charge >= 0.3 is 0 Å². The van der Waals surface area contributed by atoms with Crippen molar-refractivity contribution in [2.75, 3.05) is 7.05 Å². The molecule has 108 valence electrons. The first-order valence-electron chi connectivity index (χ1n) is 6.30. The average Bonchev–Trinajstić information content (AvgIpc) is 2.72. The number of nitrogens with zero attached hydrogens (tertiary/aromatic N) is 2. The molecule has 0 radical (unpaired) electrons. The van der Waals surface area contributed by atoms with Crippen LogP contribution in [0.25, 0.3) is 0 Å². The van der Waals surface area contributed by atoms with Crippen molar-refractivity contribution in [1.82, 2.24) is 15.1 Å². The van der Waals surface area contributed by atoms with Gasteiger partial charge in [-0.05, 0) is 60.6 Å². The summed E-state index contributed by atoms with van der Waals surface area (Å²) < 4.78 is 5.16. The number of halogens is 3. The van der Waals surface area contributed by atoms with E-state index in [-0.39, 0.29) is 6.04 Å². The molecule has 0 aliphatic rings. The fourth-order valence-corrected chi connectivity index (χ4v) is 4.07. The van der Waals surface area contributed by atoms with Crippen molar-refractivity contribution in [2.24, 2.45) is 0 Å². The number of benzene rings is 1. The lowest BCUT2D eigenvalue weighted by molar-refractivity contribution is 0.483. The van der Waals surface area contributed by atoms with E-state index in [4.69, 9.17) is 0 Å². The van der Waals surface area contributed by atoms with E-state index in [2.05, 4.69) is 84.2 Å². The minimum absolute atomic E-state index is 0.0723. The first-order valence-corrected chi connectivity index (χ1v) is 8.68. The van der Waals surface area contributed by atoms with Crippen LogP contribution in [0.4, 0.5) is 0 Å². The number of aromatic nitrogens is 2. The maximum absolute atomic E-state index is 4.46. The summed E-state index contributed by atoms with van der Waals surface area (Å²) in [5.41, 5.74) is 2.31. The predicted octanol–water partition coefficient (Wildman–Crippen LogP) is 5.06. The van der Waals surface area contributed by atoms with Crippen LogP contribution < -0.4 is 5.32 Å². The van der Waals surface area contributed by atoms with Crippen LogP contribution in [0.15, 0.2) is 37.8 Å². The van der Waals surface area contributed by atoms with E-state index >= 15 is 0 Å². The highest BCUT2D eigenvalue weighted by atomic mass is 79.9. The van der Waals surface area contributed by atoms with Gasteiger partial charge in [-0.25, -0.2) is 0 Å². The van der Waals surface area contributed by atoms with Crippen molar-refractivity contribution in [1.29, 1.82) is 0 Å². The minimum Gasteiger partial charge on any atom is -0.308 e.